The Balaban J connectivity index is 3.08. The summed E-state index contributed by atoms with van der Waals surface area (Å²) in [5, 5.41) is 3.01. The molecule has 1 atom stereocenters. The van der Waals surface area contributed by atoms with Crippen LogP contribution in [0.4, 0.5) is 0 Å². The van der Waals surface area contributed by atoms with Gasteiger partial charge in [-0.05, 0) is 44.6 Å². The highest BCUT2D eigenvalue weighted by atomic mass is 32.2. The van der Waals surface area contributed by atoms with Gasteiger partial charge in [-0.15, -0.1) is 0 Å². The lowest BCUT2D eigenvalue weighted by atomic mass is 9.81. The van der Waals surface area contributed by atoms with E-state index in [1.165, 1.54) is 0 Å². The first kappa shape index (κ1) is 17.3. The molecular formula is C15H28N2O2S. The monoisotopic (exact) mass is 300 g/mol. The van der Waals surface area contributed by atoms with Gasteiger partial charge in [0.05, 0.1) is 0 Å². The maximum Gasteiger partial charge on any atom is 0.249 e. The molecule has 0 aliphatic carbocycles. The number of piperazine rings is 1. The first-order chi connectivity index (χ1) is 9.41. The van der Waals surface area contributed by atoms with Gasteiger partial charge in [0.2, 0.25) is 11.8 Å². The van der Waals surface area contributed by atoms with E-state index in [0.29, 0.717) is 25.8 Å². The zero-order valence-electron chi connectivity index (χ0n) is 13.4. The van der Waals surface area contributed by atoms with Crippen molar-refractivity contribution in [2.45, 2.75) is 64.5 Å². The summed E-state index contributed by atoms with van der Waals surface area (Å²) in [6, 6.07) is 0. The van der Waals surface area contributed by atoms with E-state index in [-0.39, 0.29) is 11.8 Å². The minimum absolute atomic E-state index is 0.00699. The predicted molar refractivity (Wildman–Crippen MR) is 84.9 cm³/mol. The molecule has 0 spiro atoms. The number of nitrogens with one attached hydrogen (secondary N) is 1. The van der Waals surface area contributed by atoms with E-state index >= 15 is 0 Å². The van der Waals surface area contributed by atoms with E-state index in [1.54, 1.807) is 11.8 Å². The van der Waals surface area contributed by atoms with Gasteiger partial charge < -0.3 is 10.2 Å². The highest BCUT2D eigenvalue weighted by Gasteiger charge is 2.53. The molecule has 1 aliphatic rings. The first-order valence-electron chi connectivity index (χ1n) is 7.55. The lowest BCUT2D eigenvalue weighted by molar-refractivity contribution is -0.163. The van der Waals surface area contributed by atoms with Crippen molar-refractivity contribution >= 4 is 23.6 Å². The molecule has 0 aromatic rings. The smallest absolute Gasteiger partial charge is 0.249 e. The van der Waals surface area contributed by atoms with E-state index in [2.05, 4.69) is 11.6 Å². The Kier molecular flexibility index (Phi) is 5.92. The number of nitrogens with zero attached hydrogens (tertiary/aromatic N) is 1. The molecule has 1 fully saturated rings. The molecule has 5 heteroatoms. The Hall–Kier alpha value is -0.710. The van der Waals surface area contributed by atoms with Crippen LogP contribution in [-0.4, -0.2) is 46.3 Å². The minimum atomic E-state index is -0.705. The minimum Gasteiger partial charge on any atom is -0.340 e. The third-order valence-electron chi connectivity index (χ3n) is 4.72. The van der Waals surface area contributed by atoms with E-state index in [1.807, 2.05) is 32.6 Å². The summed E-state index contributed by atoms with van der Waals surface area (Å²) in [4.78, 5) is 27.3. The van der Waals surface area contributed by atoms with E-state index < -0.39 is 11.1 Å². The summed E-state index contributed by atoms with van der Waals surface area (Å²) in [6.45, 7) is 8.46. The molecule has 1 N–H and O–H groups in total. The van der Waals surface area contributed by atoms with Crippen LogP contribution in [0.5, 0.6) is 0 Å². The Morgan fingerprint density at radius 1 is 1.15 bits per heavy atom. The number of hydrogen-bond acceptors (Lipinski definition) is 3. The highest BCUT2D eigenvalue weighted by molar-refractivity contribution is 7.98. The van der Waals surface area contributed by atoms with Crippen molar-refractivity contribution < 1.29 is 9.59 Å². The molecule has 1 aliphatic heterocycles. The fourth-order valence-corrected chi connectivity index (χ4v) is 3.22. The molecule has 116 valence electrons. The maximum absolute atomic E-state index is 12.9. The lowest BCUT2D eigenvalue weighted by Crippen LogP contribution is -2.74. The lowest BCUT2D eigenvalue weighted by Gasteiger charge is -2.51. The SMILES string of the molecule is CCC1(CC)NC(=O)C(C)(CC)N(CCCSC)C1=O. The summed E-state index contributed by atoms with van der Waals surface area (Å²) in [5.74, 6) is 1.09. The molecule has 1 saturated heterocycles. The van der Waals surface area contributed by atoms with Crippen LogP contribution in [0.1, 0.15) is 53.4 Å². The zero-order valence-corrected chi connectivity index (χ0v) is 14.2. The van der Waals surface area contributed by atoms with Gasteiger partial charge in [0.25, 0.3) is 0 Å². The zero-order chi connectivity index (χ0) is 15.4. The standard InChI is InChI=1S/C15H28N2O2S/c1-6-14(4)12(18)16-15(7-2,8-3)13(19)17(14)10-9-11-20-5/h6-11H2,1-5H3,(H,16,18). The van der Waals surface area contributed by atoms with E-state index in [9.17, 15) is 9.59 Å². The summed E-state index contributed by atoms with van der Waals surface area (Å²) in [6.07, 6.45) is 4.93. The van der Waals surface area contributed by atoms with Crippen LogP contribution in [0.2, 0.25) is 0 Å². The Morgan fingerprint density at radius 3 is 2.20 bits per heavy atom. The third-order valence-corrected chi connectivity index (χ3v) is 5.41. The molecule has 20 heavy (non-hydrogen) atoms. The van der Waals surface area contributed by atoms with Gasteiger partial charge in [-0.2, -0.15) is 11.8 Å². The van der Waals surface area contributed by atoms with Gasteiger partial charge >= 0.3 is 0 Å². The van der Waals surface area contributed by atoms with Crippen molar-refractivity contribution in [3.63, 3.8) is 0 Å². The largest absolute Gasteiger partial charge is 0.340 e. The van der Waals surface area contributed by atoms with Gasteiger partial charge in [-0.1, -0.05) is 20.8 Å². The fraction of sp³-hybridized carbons (Fsp3) is 0.867. The van der Waals surface area contributed by atoms with Crippen molar-refractivity contribution in [3.8, 4) is 0 Å². The first-order valence-corrected chi connectivity index (χ1v) is 8.94. The molecule has 0 radical (unpaired) electrons. The second-order valence-electron chi connectivity index (χ2n) is 5.67. The number of carbonyl (C=O) groups is 2. The molecule has 2 amide bonds. The second kappa shape index (κ2) is 6.83. The Labute approximate surface area is 127 Å². The van der Waals surface area contributed by atoms with Crippen molar-refractivity contribution in [2.24, 2.45) is 0 Å². The van der Waals surface area contributed by atoms with Crippen LogP contribution in [-0.2, 0) is 9.59 Å². The highest BCUT2D eigenvalue weighted by Crippen LogP contribution is 2.32. The summed E-state index contributed by atoms with van der Waals surface area (Å²) >= 11 is 1.77. The van der Waals surface area contributed by atoms with E-state index in [4.69, 9.17) is 0 Å². The summed E-state index contributed by atoms with van der Waals surface area (Å²) < 4.78 is 0. The molecule has 1 unspecified atom stereocenters. The van der Waals surface area contributed by atoms with Crippen LogP contribution >= 0.6 is 11.8 Å². The summed E-state index contributed by atoms with van der Waals surface area (Å²) in [7, 11) is 0. The van der Waals surface area contributed by atoms with Gasteiger partial charge in [0, 0.05) is 6.54 Å². The van der Waals surface area contributed by atoms with Crippen molar-refractivity contribution in [1.29, 1.82) is 0 Å². The quantitative estimate of drug-likeness (QED) is 0.735. The third kappa shape index (κ3) is 2.83. The van der Waals surface area contributed by atoms with Crippen LogP contribution in [0.25, 0.3) is 0 Å². The van der Waals surface area contributed by atoms with Crippen LogP contribution in [0.15, 0.2) is 0 Å². The van der Waals surface area contributed by atoms with E-state index in [0.717, 1.165) is 12.2 Å². The predicted octanol–water partition coefficient (Wildman–Crippen LogP) is 2.43. The van der Waals surface area contributed by atoms with Crippen molar-refractivity contribution in [2.75, 3.05) is 18.6 Å². The Morgan fingerprint density at radius 2 is 1.75 bits per heavy atom. The topological polar surface area (TPSA) is 49.4 Å². The fourth-order valence-electron chi connectivity index (χ4n) is 2.81. The second-order valence-corrected chi connectivity index (χ2v) is 6.66. The van der Waals surface area contributed by atoms with Gasteiger partial charge in [-0.25, -0.2) is 0 Å². The molecule has 0 bridgehead atoms. The van der Waals surface area contributed by atoms with Gasteiger partial charge in [0.1, 0.15) is 11.1 Å². The van der Waals surface area contributed by atoms with Crippen molar-refractivity contribution in [3.05, 3.63) is 0 Å². The van der Waals surface area contributed by atoms with Crippen LogP contribution in [0, 0.1) is 0 Å². The number of hydrogen-bond donors (Lipinski definition) is 1. The molecule has 4 nitrogen and oxygen atoms in total. The van der Waals surface area contributed by atoms with Crippen LogP contribution in [0.3, 0.4) is 0 Å². The molecule has 0 saturated carbocycles. The van der Waals surface area contributed by atoms with Gasteiger partial charge in [0.15, 0.2) is 0 Å². The molecule has 0 aromatic heterocycles. The van der Waals surface area contributed by atoms with Gasteiger partial charge in [-0.3, -0.25) is 9.59 Å². The average molecular weight is 300 g/mol. The number of thioether (sulfide) groups is 1. The molecule has 0 aromatic carbocycles. The maximum atomic E-state index is 12.9. The molecular weight excluding hydrogens is 272 g/mol. The average Bonchev–Trinajstić information content (AvgIpc) is 2.46. The normalized spacial score (nSPS) is 25.8. The summed E-state index contributed by atoms with van der Waals surface area (Å²) in [5.41, 5.74) is -1.41. The number of rotatable bonds is 7. The molecule has 1 heterocycles. The Bertz CT molecular complexity index is 369. The number of carbonyl (C=O) groups excluding carboxylic acids is 2. The van der Waals surface area contributed by atoms with Crippen molar-refractivity contribution in [1.82, 2.24) is 10.2 Å². The molecule has 1 rings (SSSR count). The van der Waals surface area contributed by atoms with Crippen LogP contribution < -0.4 is 5.32 Å². The number of amides is 2.